The van der Waals surface area contributed by atoms with E-state index in [1.807, 2.05) is 19.1 Å². The number of halogens is 1. The van der Waals surface area contributed by atoms with Crippen LogP contribution in [0, 0.1) is 6.92 Å². The number of benzene rings is 1. The van der Waals surface area contributed by atoms with Crippen LogP contribution in [0.1, 0.15) is 5.56 Å². The number of aliphatic hydroxyl groups excluding tert-OH is 1. The van der Waals surface area contributed by atoms with Crippen LogP contribution in [-0.2, 0) is 0 Å². The van der Waals surface area contributed by atoms with Crippen LogP contribution in [0.15, 0.2) is 12.1 Å². The van der Waals surface area contributed by atoms with E-state index < -0.39 is 0 Å². The largest absolute Gasteiger partial charge is 0.389 e. The SMILES string of the molecule is Cc1ccc(Cl)c2sc(N3CC(O)C3)nc12. The number of rotatable bonds is 1. The molecule has 0 spiro atoms. The van der Waals surface area contributed by atoms with Gasteiger partial charge in [0.25, 0.3) is 0 Å². The Labute approximate surface area is 102 Å². The Morgan fingerprint density at radius 3 is 2.88 bits per heavy atom. The summed E-state index contributed by atoms with van der Waals surface area (Å²) in [6, 6.07) is 3.89. The number of anilines is 1. The van der Waals surface area contributed by atoms with Gasteiger partial charge in [-0.3, -0.25) is 0 Å². The van der Waals surface area contributed by atoms with Crippen LogP contribution in [0.5, 0.6) is 0 Å². The molecule has 0 unspecified atom stereocenters. The molecule has 5 heteroatoms. The molecule has 0 amide bonds. The van der Waals surface area contributed by atoms with E-state index in [1.54, 1.807) is 11.3 Å². The van der Waals surface area contributed by atoms with Crippen molar-refractivity contribution in [1.29, 1.82) is 0 Å². The molecule has 1 N–H and O–H groups in total. The lowest BCUT2D eigenvalue weighted by atomic mass is 10.2. The molecule has 0 aliphatic carbocycles. The van der Waals surface area contributed by atoms with Crippen LogP contribution < -0.4 is 4.90 Å². The maximum Gasteiger partial charge on any atom is 0.186 e. The summed E-state index contributed by atoms with van der Waals surface area (Å²) in [5, 5.41) is 11.0. The lowest BCUT2D eigenvalue weighted by molar-refractivity contribution is 0.142. The number of hydrogen-bond donors (Lipinski definition) is 1. The summed E-state index contributed by atoms with van der Waals surface area (Å²) in [6.07, 6.45) is -0.205. The fraction of sp³-hybridized carbons (Fsp3) is 0.364. The van der Waals surface area contributed by atoms with E-state index in [0.717, 1.165) is 25.9 Å². The van der Waals surface area contributed by atoms with Gasteiger partial charge in [0.2, 0.25) is 0 Å². The number of thiazole rings is 1. The molecule has 0 atom stereocenters. The Morgan fingerprint density at radius 1 is 1.50 bits per heavy atom. The fourth-order valence-electron chi connectivity index (χ4n) is 1.84. The van der Waals surface area contributed by atoms with E-state index >= 15 is 0 Å². The molecule has 16 heavy (non-hydrogen) atoms. The number of hydrogen-bond acceptors (Lipinski definition) is 4. The Bertz CT molecular complexity index is 509. The van der Waals surface area contributed by atoms with E-state index in [0.29, 0.717) is 13.1 Å². The van der Waals surface area contributed by atoms with Gasteiger partial charge in [0.15, 0.2) is 5.13 Å². The quantitative estimate of drug-likeness (QED) is 0.849. The second-order valence-electron chi connectivity index (χ2n) is 4.10. The van der Waals surface area contributed by atoms with E-state index in [1.165, 1.54) is 0 Å². The van der Waals surface area contributed by atoms with Crippen molar-refractivity contribution in [2.45, 2.75) is 13.0 Å². The molecule has 0 saturated carbocycles. The summed E-state index contributed by atoms with van der Waals surface area (Å²) < 4.78 is 1.04. The van der Waals surface area contributed by atoms with Gasteiger partial charge in [-0.15, -0.1) is 0 Å². The molecule has 3 nitrogen and oxygen atoms in total. The average molecular weight is 255 g/mol. The average Bonchev–Trinajstić information content (AvgIpc) is 2.64. The molecule has 1 aromatic heterocycles. The Kier molecular flexibility index (Phi) is 2.31. The number of nitrogens with zero attached hydrogens (tertiary/aromatic N) is 2. The zero-order valence-corrected chi connectivity index (χ0v) is 10.3. The van der Waals surface area contributed by atoms with Crippen molar-refractivity contribution in [3.63, 3.8) is 0 Å². The third kappa shape index (κ3) is 1.49. The second kappa shape index (κ2) is 3.58. The minimum absolute atomic E-state index is 0.205. The van der Waals surface area contributed by atoms with Crippen LogP contribution >= 0.6 is 22.9 Å². The second-order valence-corrected chi connectivity index (χ2v) is 5.48. The van der Waals surface area contributed by atoms with E-state index in [-0.39, 0.29) is 6.10 Å². The predicted molar refractivity (Wildman–Crippen MR) is 67.6 cm³/mol. The first-order chi connectivity index (χ1) is 7.65. The Morgan fingerprint density at radius 2 is 2.25 bits per heavy atom. The van der Waals surface area contributed by atoms with Crippen molar-refractivity contribution in [2.75, 3.05) is 18.0 Å². The molecule has 1 aliphatic rings. The van der Waals surface area contributed by atoms with Gasteiger partial charge < -0.3 is 10.0 Å². The lowest BCUT2D eigenvalue weighted by Crippen LogP contribution is -2.50. The Balaban J connectivity index is 2.09. The molecule has 0 bridgehead atoms. The first kappa shape index (κ1) is 10.3. The highest BCUT2D eigenvalue weighted by Crippen LogP contribution is 2.36. The van der Waals surface area contributed by atoms with Gasteiger partial charge in [-0.05, 0) is 18.6 Å². The summed E-state index contributed by atoms with van der Waals surface area (Å²) in [5.74, 6) is 0. The normalized spacial score (nSPS) is 16.8. The van der Waals surface area contributed by atoms with Crippen molar-refractivity contribution in [2.24, 2.45) is 0 Å². The molecule has 1 aliphatic heterocycles. The zero-order chi connectivity index (χ0) is 11.3. The lowest BCUT2D eigenvalue weighted by Gasteiger charge is -2.35. The number of aryl methyl sites for hydroxylation is 1. The molecular formula is C11H11ClN2OS. The molecule has 2 aromatic rings. The minimum Gasteiger partial charge on any atom is -0.389 e. The van der Waals surface area contributed by atoms with Crippen molar-refractivity contribution in [3.8, 4) is 0 Å². The minimum atomic E-state index is -0.205. The van der Waals surface area contributed by atoms with E-state index in [9.17, 15) is 5.11 Å². The highest BCUT2D eigenvalue weighted by atomic mass is 35.5. The van der Waals surface area contributed by atoms with Crippen LogP contribution in [0.3, 0.4) is 0 Å². The van der Waals surface area contributed by atoms with E-state index in [2.05, 4.69) is 9.88 Å². The standard InChI is InChI=1S/C11H11ClN2OS/c1-6-2-3-8(12)10-9(6)13-11(16-10)14-4-7(15)5-14/h2-3,7,15H,4-5H2,1H3. The van der Waals surface area contributed by atoms with Crippen LogP contribution in [-0.4, -0.2) is 29.3 Å². The highest BCUT2D eigenvalue weighted by Gasteiger charge is 2.27. The maximum absolute atomic E-state index is 9.27. The number of β-amino-alcohol motifs (C(OH)–C–C–N with tert-alkyl or cyclic N) is 1. The van der Waals surface area contributed by atoms with Gasteiger partial charge in [-0.1, -0.05) is 29.0 Å². The molecule has 0 radical (unpaired) electrons. The molecule has 84 valence electrons. The fourth-order valence-corrected chi connectivity index (χ4v) is 3.17. The van der Waals surface area contributed by atoms with Crippen molar-refractivity contribution in [3.05, 3.63) is 22.7 Å². The van der Waals surface area contributed by atoms with Crippen molar-refractivity contribution < 1.29 is 5.11 Å². The first-order valence-corrected chi connectivity index (χ1v) is 6.33. The molecule has 1 saturated heterocycles. The van der Waals surface area contributed by atoms with Gasteiger partial charge in [0.05, 0.1) is 21.3 Å². The van der Waals surface area contributed by atoms with Crippen LogP contribution in [0.25, 0.3) is 10.2 Å². The van der Waals surface area contributed by atoms with Gasteiger partial charge in [-0.2, -0.15) is 0 Å². The number of aromatic nitrogens is 1. The molecule has 1 aromatic carbocycles. The third-order valence-corrected chi connectivity index (χ3v) is 4.40. The summed E-state index contributed by atoms with van der Waals surface area (Å²) in [4.78, 5) is 6.65. The number of aliphatic hydroxyl groups is 1. The summed E-state index contributed by atoms with van der Waals surface area (Å²) in [5.41, 5.74) is 2.12. The zero-order valence-electron chi connectivity index (χ0n) is 8.77. The monoisotopic (exact) mass is 254 g/mol. The van der Waals surface area contributed by atoms with Gasteiger partial charge in [0, 0.05) is 13.1 Å². The van der Waals surface area contributed by atoms with Gasteiger partial charge in [0.1, 0.15) is 0 Å². The first-order valence-electron chi connectivity index (χ1n) is 5.14. The topological polar surface area (TPSA) is 36.4 Å². The highest BCUT2D eigenvalue weighted by molar-refractivity contribution is 7.22. The number of fused-ring (bicyclic) bond motifs is 1. The van der Waals surface area contributed by atoms with Crippen LogP contribution in [0.4, 0.5) is 5.13 Å². The molecule has 1 fully saturated rings. The van der Waals surface area contributed by atoms with Crippen molar-refractivity contribution >= 4 is 38.3 Å². The smallest absolute Gasteiger partial charge is 0.186 e. The maximum atomic E-state index is 9.27. The van der Waals surface area contributed by atoms with Gasteiger partial charge in [-0.25, -0.2) is 4.98 Å². The Hall–Kier alpha value is -0.840. The van der Waals surface area contributed by atoms with Crippen molar-refractivity contribution in [1.82, 2.24) is 4.98 Å². The summed E-state index contributed by atoms with van der Waals surface area (Å²) in [7, 11) is 0. The third-order valence-electron chi connectivity index (χ3n) is 2.82. The van der Waals surface area contributed by atoms with E-state index in [4.69, 9.17) is 11.6 Å². The predicted octanol–water partition coefficient (Wildman–Crippen LogP) is 2.44. The molecule has 3 rings (SSSR count). The molecule has 2 heterocycles. The summed E-state index contributed by atoms with van der Waals surface area (Å²) >= 11 is 7.74. The van der Waals surface area contributed by atoms with Crippen LogP contribution in [0.2, 0.25) is 5.02 Å². The van der Waals surface area contributed by atoms with Gasteiger partial charge >= 0.3 is 0 Å². The molecular weight excluding hydrogens is 244 g/mol. The summed E-state index contributed by atoms with van der Waals surface area (Å²) in [6.45, 7) is 3.39.